The zero-order valence-corrected chi connectivity index (χ0v) is 9.51. The molecule has 0 heterocycles. The van der Waals surface area contributed by atoms with Gasteiger partial charge in [-0.3, -0.25) is 4.79 Å². The van der Waals surface area contributed by atoms with Gasteiger partial charge in [0.1, 0.15) is 0 Å². The molecule has 0 saturated carbocycles. The Labute approximate surface area is 99.2 Å². The number of rotatable bonds is 5. The molecule has 0 amide bonds. The zero-order valence-electron chi connectivity index (χ0n) is 9.51. The fourth-order valence-corrected chi connectivity index (χ4v) is 1.59. The third-order valence-corrected chi connectivity index (χ3v) is 2.42. The van der Waals surface area contributed by atoms with Crippen LogP contribution in [0, 0.1) is 6.92 Å². The Morgan fingerprint density at radius 2 is 2.00 bits per heavy atom. The van der Waals surface area contributed by atoms with Gasteiger partial charge in [-0.15, -0.1) is 0 Å². The number of aliphatic carboxylic acids is 2. The molecule has 0 saturated heterocycles. The minimum atomic E-state index is -1.02. The monoisotopic (exact) mass is 234 g/mol. The van der Waals surface area contributed by atoms with Crippen LogP contribution in [0.15, 0.2) is 24.3 Å². The Hall–Kier alpha value is -2.10. The normalized spacial score (nSPS) is 10.6. The van der Waals surface area contributed by atoms with Crippen LogP contribution in [0.25, 0.3) is 6.08 Å². The Morgan fingerprint density at radius 1 is 1.29 bits per heavy atom. The molecule has 2 N–H and O–H groups in total. The molecule has 1 aromatic rings. The van der Waals surface area contributed by atoms with Crippen molar-refractivity contribution in [2.45, 2.75) is 19.8 Å². The van der Waals surface area contributed by atoms with Gasteiger partial charge in [-0.1, -0.05) is 18.2 Å². The Morgan fingerprint density at radius 3 is 2.59 bits per heavy atom. The molecule has 0 bridgehead atoms. The Bertz CT molecular complexity index is 460. The summed E-state index contributed by atoms with van der Waals surface area (Å²) in [7, 11) is 0. The van der Waals surface area contributed by atoms with Crippen molar-refractivity contribution >= 4 is 18.0 Å². The second-order valence-electron chi connectivity index (χ2n) is 3.71. The van der Waals surface area contributed by atoms with E-state index in [1.165, 1.54) is 6.08 Å². The average Bonchev–Trinajstić information content (AvgIpc) is 2.24. The fraction of sp³-hybridized carbons (Fsp3) is 0.231. The van der Waals surface area contributed by atoms with E-state index in [9.17, 15) is 9.59 Å². The molecular formula is C13H14O4. The maximum atomic E-state index is 10.5. The summed E-state index contributed by atoms with van der Waals surface area (Å²) in [6.07, 6.45) is 3.01. The topological polar surface area (TPSA) is 74.6 Å². The molecule has 4 nitrogen and oxygen atoms in total. The van der Waals surface area contributed by atoms with Crippen LogP contribution in [-0.2, 0) is 16.0 Å². The van der Waals surface area contributed by atoms with Crippen LogP contribution >= 0.6 is 0 Å². The van der Waals surface area contributed by atoms with Crippen molar-refractivity contribution in [3.63, 3.8) is 0 Å². The van der Waals surface area contributed by atoms with Crippen molar-refractivity contribution in [1.29, 1.82) is 0 Å². The highest BCUT2D eigenvalue weighted by Gasteiger charge is 2.05. The van der Waals surface area contributed by atoms with Gasteiger partial charge < -0.3 is 10.2 Å². The lowest BCUT2D eigenvalue weighted by Crippen LogP contribution is -2.00. The molecule has 1 rings (SSSR count). The van der Waals surface area contributed by atoms with Crippen molar-refractivity contribution in [2.75, 3.05) is 0 Å². The summed E-state index contributed by atoms with van der Waals surface area (Å²) in [6, 6.07) is 5.52. The van der Waals surface area contributed by atoms with E-state index < -0.39 is 11.9 Å². The van der Waals surface area contributed by atoms with Gasteiger partial charge in [0.15, 0.2) is 0 Å². The summed E-state index contributed by atoms with van der Waals surface area (Å²) in [5.74, 6) is -1.88. The smallest absolute Gasteiger partial charge is 0.328 e. The first-order valence-electron chi connectivity index (χ1n) is 5.22. The minimum absolute atomic E-state index is 0.0391. The van der Waals surface area contributed by atoms with Gasteiger partial charge in [-0.25, -0.2) is 4.79 Å². The molecule has 4 heteroatoms. The molecule has 0 spiro atoms. The molecule has 90 valence electrons. The highest BCUT2D eigenvalue weighted by Crippen LogP contribution is 2.17. The number of carboxylic acid groups (broad SMARTS) is 2. The van der Waals surface area contributed by atoms with Crippen LogP contribution in [0.2, 0.25) is 0 Å². The molecule has 0 radical (unpaired) electrons. The van der Waals surface area contributed by atoms with Gasteiger partial charge in [0.2, 0.25) is 0 Å². The molecule has 17 heavy (non-hydrogen) atoms. The Kier molecular flexibility index (Phi) is 4.46. The van der Waals surface area contributed by atoms with E-state index in [4.69, 9.17) is 10.2 Å². The van der Waals surface area contributed by atoms with Crippen molar-refractivity contribution in [1.82, 2.24) is 0 Å². The highest BCUT2D eigenvalue weighted by atomic mass is 16.4. The second-order valence-corrected chi connectivity index (χ2v) is 3.71. The predicted octanol–water partition coefficient (Wildman–Crippen LogP) is 2.11. The predicted molar refractivity (Wildman–Crippen MR) is 63.8 cm³/mol. The molecule has 0 aromatic heterocycles. The summed E-state index contributed by atoms with van der Waals surface area (Å²) < 4.78 is 0. The summed E-state index contributed by atoms with van der Waals surface area (Å²) in [5.41, 5.74) is 2.58. The largest absolute Gasteiger partial charge is 0.481 e. The van der Waals surface area contributed by atoms with E-state index in [2.05, 4.69) is 0 Å². The molecule has 1 aromatic carbocycles. The number of benzene rings is 1. The van der Waals surface area contributed by atoms with Gasteiger partial charge in [-0.05, 0) is 36.1 Å². The minimum Gasteiger partial charge on any atom is -0.481 e. The van der Waals surface area contributed by atoms with Gasteiger partial charge >= 0.3 is 11.9 Å². The first-order valence-corrected chi connectivity index (χ1v) is 5.22. The van der Waals surface area contributed by atoms with Crippen LogP contribution in [0.3, 0.4) is 0 Å². The van der Waals surface area contributed by atoms with Crippen LogP contribution in [0.1, 0.15) is 23.1 Å². The molecule has 0 aliphatic rings. The summed E-state index contributed by atoms with van der Waals surface area (Å²) in [6.45, 7) is 1.87. The van der Waals surface area contributed by atoms with E-state index in [0.29, 0.717) is 6.42 Å². The third-order valence-electron chi connectivity index (χ3n) is 2.42. The number of hydrogen-bond donors (Lipinski definition) is 2. The van der Waals surface area contributed by atoms with Crippen LogP contribution in [0.4, 0.5) is 0 Å². The maximum absolute atomic E-state index is 10.5. The third kappa shape index (κ3) is 4.10. The second kappa shape index (κ2) is 5.84. The lowest BCUT2D eigenvalue weighted by molar-refractivity contribution is -0.137. The van der Waals surface area contributed by atoms with Crippen molar-refractivity contribution in [2.24, 2.45) is 0 Å². The SMILES string of the molecule is Cc1cccc(CCC(=O)O)c1/C=C/C(=O)O. The molecule has 0 atom stereocenters. The first-order chi connectivity index (χ1) is 8.00. The number of carbonyl (C=O) groups is 2. The van der Waals surface area contributed by atoms with E-state index in [0.717, 1.165) is 22.8 Å². The lowest BCUT2D eigenvalue weighted by Gasteiger charge is -2.07. The van der Waals surface area contributed by atoms with Crippen molar-refractivity contribution in [3.05, 3.63) is 41.0 Å². The first kappa shape index (κ1) is 13.0. The quantitative estimate of drug-likeness (QED) is 0.765. The Balaban J connectivity index is 2.99. The molecule has 0 aliphatic heterocycles. The summed E-state index contributed by atoms with van der Waals surface area (Å²) in [5, 5.41) is 17.2. The van der Waals surface area contributed by atoms with Gasteiger partial charge in [0.25, 0.3) is 0 Å². The molecule has 0 fully saturated rings. The average molecular weight is 234 g/mol. The standard InChI is InChI=1S/C13H14O4/c1-9-3-2-4-10(5-7-12(14)15)11(9)6-8-13(16)17/h2-4,6,8H,5,7H2,1H3,(H,14,15)(H,16,17)/b8-6+. The van der Waals surface area contributed by atoms with Crippen LogP contribution < -0.4 is 0 Å². The van der Waals surface area contributed by atoms with E-state index in [1.807, 2.05) is 25.1 Å². The highest BCUT2D eigenvalue weighted by molar-refractivity contribution is 5.86. The number of carboxylic acids is 2. The number of aryl methyl sites for hydroxylation is 2. The van der Waals surface area contributed by atoms with E-state index in [-0.39, 0.29) is 6.42 Å². The lowest BCUT2D eigenvalue weighted by atomic mass is 9.98. The maximum Gasteiger partial charge on any atom is 0.328 e. The van der Waals surface area contributed by atoms with Crippen molar-refractivity contribution < 1.29 is 19.8 Å². The molecule has 0 unspecified atom stereocenters. The summed E-state index contributed by atoms with van der Waals surface area (Å²) in [4.78, 5) is 21.0. The van der Waals surface area contributed by atoms with Crippen molar-refractivity contribution in [3.8, 4) is 0 Å². The van der Waals surface area contributed by atoms with Crippen LogP contribution in [0.5, 0.6) is 0 Å². The molecule has 0 aliphatic carbocycles. The van der Waals surface area contributed by atoms with Crippen LogP contribution in [-0.4, -0.2) is 22.2 Å². The van der Waals surface area contributed by atoms with Gasteiger partial charge in [0.05, 0.1) is 0 Å². The molecular weight excluding hydrogens is 220 g/mol. The van der Waals surface area contributed by atoms with E-state index in [1.54, 1.807) is 0 Å². The van der Waals surface area contributed by atoms with Gasteiger partial charge in [0, 0.05) is 12.5 Å². The summed E-state index contributed by atoms with van der Waals surface area (Å²) >= 11 is 0. The van der Waals surface area contributed by atoms with E-state index >= 15 is 0 Å². The number of hydrogen-bond acceptors (Lipinski definition) is 2. The fourth-order valence-electron chi connectivity index (χ4n) is 1.59. The van der Waals surface area contributed by atoms with Gasteiger partial charge in [-0.2, -0.15) is 0 Å². The zero-order chi connectivity index (χ0) is 12.8.